The first-order valence-electron chi connectivity index (χ1n) is 6.46. The third-order valence-corrected chi connectivity index (χ3v) is 3.43. The van der Waals surface area contributed by atoms with E-state index in [1.165, 1.54) is 18.2 Å². The summed E-state index contributed by atoms with van der Waals surface area (Å²) in [4.78, 5) is 10.9. The number of carbonyl (C=O) groups is 1. The van der Waals surface area contributed by atoms with Crippen LogP contribution in [0.1, 0.15) is 10.4 Å². The van der Waals surface area contributed by atoms with E-state index in [-0.39, 0.29) is 33.7 Å². The molecule has 0 aliphatic carbocycles. The number of rotatable bonds is 6. The summed E-state index contributed by atoms with van der Waals surface area (Å²) in [6, 6.07) is 6.29. The van der Waals surface area contributed by atoms with E-state index in [0.29, 0.717) is 12.2 Å². The Morgan fingerprint density at radius 1 is 1.22 bits per heavy atom. The third kappa shape index (κ3) is 4.40. The van der Waals surface area contributed by atoms with Gasteiger partial charge in [0.05, 0.1) is 10.0 Å². The molecule has 3 N–H and O–H groups in total. The quantitative estimate of drug-likeness (QED) is 0.536. The van der Waals surface area contributed by atoms with Crippen LogP contribution in [0.4, 0.5) is 10.1 Å². The first-order valence-corrected chi connectivity index (χ1v) is 7.21. The zero-order chi connectivity index (χ0) is 17.0. The highest BCUT2D eigenvalue weighted by atomic mass is 35.5. The minimum absolute atomic E-state index is 0.0628. The predicted octanol–water partition coefficient (Wildman–Crippen LogP) is 4.03. The van der Waals surface area contributed by atoms with Gasteiger partial charge in [-0.05, 0) is 30.3 Å². The Balaban J connectivity index is 1.94. The number of carboxylic acids is 1. The maximum absolute atomic E-state index is 13.0. The van der Waals surface area contributed by atoms with Crippen molar-refractivity contribution in [3.05, 3.63) is 51.8 Å². The molecule has 122 valence electrons. The van der Waals surface area contributed by atoms with Crippen molar-refractivity contribution in [1.29, 1.82) is 0 Å². The van der Waals surface area contributed by atoms with Crippen molar-refractivity contribution in [2.75, 3.05) is 18.5 Å². The number of aromatic carboxylic acids is 1. The van der Waals surface area contributed by atoms with Gasteiger partial charge in [-0.3, -0.25) is 0 Å². The van der Waals surface area contributed by atoms with Gasteiger partial charge in [0.15, 0.2) is 5.75 Å². The monoisotopic (exact) mass is 359 g/mol. The summed E-state index contributed by atoms with van der Waals surface area (Å²) in [5.41, 5.74) is 0.292. The molecular formula is C15H12Cl2FNO4. The second-order valence-corrected chi connectivity index (χ2v) is 5.33. The number of anilines is 1. The highest BCUT2D eigenvalue weighted by Gasteiger charge is 2.11. The number of hydrogen-bond acceptors (Lipinski definition) is 4. The molecule has 0 fully saturated rings. The maximum Gasteiger partial charge on any atom is 0.339 e. The van der Waals surface area contributed by atoms with Crippen molar-refractivity contribution in [1.82, 2.24) is 0 Å². The number of ether oxygens (including phenoxy) is 1. The Morgan fingerprint density at radius 3 is 2.48 bits per heavy atom. The van der Waals surface area contributed by atoms with Gasteiger partial charge < -0.3 is 20.3 Å². The minimum atomic E-state index is -1.23. The molecule has 2 aromatic carbocycles. The van der Waals surface area contributed by atoms with Crippen LogP contribution in [0.25, 0.3) is 0 Å². The molecule has 0 bridgehead atoms. The molecule has 0 saturated carbocycles. The van der Waals surface area contributed by atoms with Gasteiger partial charge in [-0.2, -0.15) is 0 Å². The summed E-state index contributed by atoms with van der Waals surface area (Å²) >= 11 is 11.7. The number of carboxylic acid groups (broad SMARTS) is 1. The van der Waals surface area contributed by atoms with Crippen molar-refractivity contribution < 1.29 is 24.1 Å². The summed E-state index contributed by atoms with van der Waals surface area (Å²) in [7, 11) is 0. The summed E-state index contributed by atoms with van der Waals surface area (Å²) in [5, 5.41) is 21.4. The van der Waals surface area contributed by atoms with Crippen molar-refractivity contribution >= 4 is 34.9 Å². The van der Waals surface area contributed by atoms with Crippen LogP contribution in [0.5, 0.6) is 11.5 Å². The molecule has 0 amide bonds. The summed E-state index contributed by atoms with van der Waals surface area (Å²) in [6.45, 7) is 0.474. The van der Waals surface area contributed by atoms with Gasteiger partial charge in [0.1, 0.15) is 23.7 Å². The normalized spacial score (nSPS) is 10.4. The van der Waals surface area contributed by atoms with Crippen LogP contribution in [0.2, 0.25) is 10.0 Å². The minimum Gasteiger partial charge on any atom is -0.507 e. The molecular weight excluding hydrogens is 348 g/mol. The fourth-order valence-electron chi connectivity index (χ4n) is 1.83. The fourth-order valence-corrected chi connectivity index (χ4v) is 2.40. The predicted molar refractivity (Wildman–Crippen MR) is 85.5 cm³/mol. The molecule has 5 nitrogen and oxygen atoms in total. The lowest BCUT2D eigenvalue weighted by Crippen LogP contribution is -2.12. The van der Waals surface area contributed by atoms with E-state index in [1.807, 2.05) is 0 Å². The topological polar surface area (TPSA) is 78.8 Å². The highest BCUT2D eigenvalue weighted by Crippen LogP contribution is 2.33. The van der Waals surface area contributed by atoms with Crippen LogP contribution in [0, 0.1) is 5.82 Å². The fraction of sp³-hybridized carbons (Fsp3) is 0.133. The van der Waals surface area contributed by atoms with Crippen LogP contribution in [0.15, 0.2) is 30.3 Å². The second-order valence-electron chi connectivity index (χ2n) is 4.51. The smallest absolute Gasteiger partial charge is 0.339 e. The molecule has 0 heterocycles. The lowest BCUT2D eigenvalue weighted by Gasteiger charge is -2.12. The number of halogens is 3. The SMILES string of the molecule is O=C(O)c1cc(NCCOc2c(Cl)cc(F)cc2Cl)ccc1O. The first kappa shape index (κ1) is 17.2. The van der Waals surface area contributed by atoms with Gasteiger partial charge in [-0.15, -0.1) is 0 Å². The van der Waals surface area contributed by atoms with Gasteiger partial charge in [-0.25, -0.2) is 9.18 Å². The summed E-state index contributed by atoms with van der Waals surface area (Å²) in [5.74, 6) is -1.93. The maximum atomic E-state index is 13.0. The number of phenols is 1. The number of benzene rings is 2. The zero-order valence-corrected chi connectivity index (χ0v) is 13.2. The molecule has 0 unspecified atom stereocenters. The van der Waals surface area contributed by atoms with Gasteiger partial charge in [0.2, 0.25) is 0 Å². The van der Waals surface area contributed by atoms with E-state index in [9.17, 15) is 14.3 Å². The van der Waals surface area contributed by atoms with E-state index in [0.717, 1.165) is 12.1 Å². The standard InChI is InChI=1S/C15H12Cl2FNO4/c16-11-5-8(18)6-12(17)14(11)23-4-3-19-9-1-2-13(20)10(7-9)15(21)22/h1-2,5-7,19-20H,3-4H2,(H,21,22). The first-order chi connectivity index (χ1) is 10.9. The van der Waals surface area contributed by atoms with E-state index < -0.39 is 11.8 Å². The molecule has 2 rings (SSSR count). The van der Waals surface area contributed by atoms with Gasteiger partial charge in [-0.1, -0.05) is 23.2 Å². The van der Waals surface area contributed by atoms with Gasteiger partial charge in [0, 0.05) is 12.2 Å². The summed E-state index contributed by atoms with van der Waals surface area (Å²) in [6.07, 6.45) is 0. The van der Waals surface area contributed by atoms with E-state index >= 15 is 0 Å². The largest absolute Gasteiger partial charge is 0.507 e. The number of hydrogen-bond donors (Lipinski definition) is 3. The number of aromatic hydroxyl groups is 1. The third-order valence-electron chi connectivity index (χ3n) is 2.87. The molecule has 0 aliphatic heterocycles. The zero-order valence-electron chi connectivity index (χ0n) is 11.6. The Hall–Kier alpha value is -2.18. The lowest BCUT2D eigenvalue weighted by atomic mass is 10.2. The van der Waals surface area contributed by atoms with Crippen molar-refractivity contribution in [2.45, 2.75) is 0 Å². The molecule has 23 heavy (non-hydrogen) atoms. The average Bonchev–Trinajstić information content (AvgIpc) is 2.46. The Bertz CT molecular complexity index is 716. The average molecular weight is 360 g/mol. The van der Waals surface area contributed by atoms with Gasteiger partial charge in [0.25, 0.3) is 0 Å². The van der Waals surface area contributed by atoms with Crippen molar-refractivity contribution in [3.63, 3.8) is 0 Å². The van der Waals surface area contributed by atoms with Crippen molar-refractivity contribution in [2.24, 2.45) is 0 Å². The Morgan fingerprint density at radius 2 is 1.87 bits per heavy atom. The molecule has 0 aromatic heterocycles. The highest BCUT2D eigenvalue weighted by molar-refractivity contribution is 6.37. The lowest BCUT2D eigenvalue weighted by molar-refractivity contribution is 0.0694. The van der Waals surface area contributed by atoms with Crippen molar-refractivity contribution in [3.8, 4) is 11.5 Å². The van der Waals surface area contributed by atoms with E-state index in [2.05, 4.69) is 5.32 Å². The van der Waals surface area contributed by atoms with E-state index in [4.69, 9.17) is 33.0 Å². The molecule has 0 radical (unpaired) electrons. The molecule has 0 spiro atoms. The molecule has 2 aromatic rings. The second kappa shape index (κ2) is 7.39. The van der Waals surface area contributed by atoms with Crippen LogP contribution in [0.3, 0.4) is 0 Å². The number of nitrogens with one attached hydrogen (secondary N) is 1. The molecule has 8 heteroatoms. The summed E-state index contributed by atoms with van der Waals surface area (Å²) < 4.78 is 18.4. The van der Waals surface area contributed by atoms with Crippen LogP contribution in [-0.4, -0.2) is 29.3 Å². The molecule has 0 aliphatic rings. The van der Waals surface area contributed by atoms with E-state index in [1.54, 1.807) is 0 Å². The van der Waals surface area contributed by atoms with Gasteiger partial charge >= 0.3 is 5.97 Å². The van der Waals surface area contributed by atoms with Crippen LogP contribution in [-0.2, 0) is 0 Å². The van der Waals surface area contributed by atoms with Crippen LogP contribution >= 0.6 is 23.2 Å². The van der Waals surface area contributed by atoms with Crippen LogP contribution < -0.4 is 10.1 Å². The molecule has 0 saturated heterocycles. The Kier molecular flexibility index (Phi) is 5.52. The Labute approximate surface area is 141 Å². The molecule has 0 atom stereocenters.